The molecule has 6 heteroatoms. The number of aromatic nitrogens is 3. The van der Waals surface area contributed by atoms with E-state index in [0.717, 1.165) is 18.4 Å². The van der Waals surface area contributed by atoms with Crippen molar-refractivity contribution in [1.29, 1.82) is 0 Å². The number of hydrogen-bond donors (Lipinski definition) is 1. The van der Waals surface area contributed by atoms with Gasteiger partial charge in [-0.1, -0.05) is 0 Å². The number of likely N-dealkylation sites (N-methyl/N-ethyl adjacent to an activating group) is 1. The maximum atomic E-state index is 13.2. The van der Waals surface area contributed by atoms with Gasteiger partial charge in [0.15, 0.2) is 0 Å². The number of nitrogens with one attached hydrogen (secondary N) is 1. The average molecular weight is 280 g/mol. The first kappa shape index (κ1) is 14.6. The third-order valence-corrected chi connectivity index (χ3v) is 3.24. The first-order valence-corrected chi connectivity index (χ1v) is 6.61. The van der Waals surface area contributed by atoms with Gasteiger partial charge in [-0.15, -0.1) is 0 Å². The van der Waals surface area contributed by atoms with Crippen LogP contribution in [0.3, 0.4) is 0 Å². The van der Waals surface area contributed by atoms with Crippen molar-refractivity contribution in [3.8, 4) is 0 Å². The Bertz CT molecular complexity index is 548. The maximum Gasteiger partial charge on any atom is 0.138 e. The van der Waals surface area contributed by atoms with Gasteiger partial charge in [-0.05, 0) is 38.1 Å². The van der Waals surface area contributed by atoms with Crippen LogP contribution in [0.4, 0.5) is 8.78 Å². The minimum Gasteiger partial charge on any atom is -0.316 e. The molecule has 0 aliphatic carbocycles. The fourth-order valence-electron chi connectivity index (χ4n) is 2.22. The van der Waals surface area contributed by atoms with Crippen LogP contribution in [0.2, 0.25) is 0 Å². The molecule has 0 bridgehead atoms. The van der Waals surface area contributed by atoms with Crippen molar-refractivity contribution in [2.75, 3.05) is 7.05 Å². The van der Waals surface area contributed by atoms with Gasteiger partial charge in [0, 0.05) is 25.1 Å². The van der Waals surface area contributed by atoms with Crippen molar-refractivity contribution in [2.24, 2.45) is 0 Å². The van der Waals surface area contributed by atoms with Crippen LogP contribution in [0.5, 0.6) is 0 Å². The van der Waals surface area contributed by atoms with Crippen LogP contribution >= 0.6 is 0 Å². The molecular formula is C14H18F2N4. The molecule has 2 rings (SSSR count). The van der Waals surface area contributed by atoms with Gasteiger partial charge in [0.25, 0.3) is 0 Å². The molecule has 1 unspecified atom stereocenters. The van der Waals surface area contributed by atoms with E-state index in [-0.39, 0.29) is 6.04 Å². The normalized spacial score (nSPS) is 12.6. The number of aryl methyl sites for hydroxylation is 1. The van der Waals surface area contributed by atoms with Crippen molar-refractivity contribution in [2.45, 2.75) is 32.4 Å². The van der Waals surface area contributed by atoms with Crippen LogP contribution < -0.4 is 5.32 Å². The molecule has 0 saturated heterocycles. The van der Waals surface area contributed by atoms with Crippen molar-refractivity contribution < 1.29 is 8.78 Å². The van der Waals surface area contributed by atoms with E-state index in [2.05, 4.69) is 15.4 Å². The zero-order chi connectivity index (χ0) is 14.5. The lowest BCUT2D eigenvalue weighted by Gasteiger charge is -2.16. The van der Waals surface area contributed by atoms with Crippen molar-refractivity contribution in [1.82, 2.24) is 20.1 Å². The highest BCUT2D eigenvalue weighted by Gasteiger charge is 2.13. The quantitative estimate of drug-likeness (QED) is 0.879. The van der Waals surface area contributed by atoms with E-state index in [9.17, 15) is 8.78 Å². The minimum atomic E-state index is -0.549. The molecule has 4 nitrogen and oxygen atoms in total. The molecule has 0 amide bonds. The van der Waals surface area contributed by atoms with Gasteiger partial charge in [0.05, 0.1) is 0 Å². The summed E-state index contributed by atoms with van der Waals surface area (Å²) in [7, 11) is 1.83. The molecule has 0 aliphatic heterocycles. The fourth-order valence-corrected chi connectivity index (χ4v) is 2.22. The summed E-state index contributed by atoms with van der Waals surface area (Å²) in [4.78, 5) is 4.22. The molecule has 108 valence electrons. The molecule has 1 atom stereocenters. The number of rotatable bonds is 6. The third kappa shape index (κ3) is 3.60. The molecule has 0 fully saturated rings. The highest BCUT2D eigenvalue weighted by atomic mass is 19.1. The molecule has 2 aromatic rings. The number of hydrogen-bond acceptors (Lipinski definition) is 3. The van der Waals surface area contributed by atoms with Crippen LogP contribution in [-0.4, -0.2) is 27.9 Å². The highest BCUT2D eigenvalue weighted by Crippen LogP contribution is 2.12. The Hall–Kier alpha value is -1.82. The smallest absolute Gasteiger partial charge is 0.138 e. The molecule has 0 aliphatic rings. The van der Waals surface area contributed by atoms with E-state index in [0.29, 0.717) is 18.4 Å². The molecule has 0 radical (unpaired) electrons. The lowest BCUT2D eigenvalue weighted by molar-refractivity contribution is 0.509. The van der Waals surface area contributed by atoms with Crippen molar-refractivity contribution >= 4 is 0 Å². The van der Waals surface area contributed by atoms with E-state index in [1.165, 1.54) is 18.5 Å². The molecule has 1 heterocycles. The Morgan fingerprint density at radius 2 is 1.90 bits per heavy atom. The molecule has 0 spiro atoms. The van der Waals surface area contributed by atoms with Crippen LogP contribution in [0, 0.1) is 11.6 Å². The summed E-state index contributed by atoms with van der Waals surface area (Å²) in [6.45, 7) is 2.74. The van der Waals surface area contributed by atoms with Crippen LogP contribution in [0.1, 0.15) is 18.3 Å². The first-order chi connectivity index (χ1) is 9.62. The topological polar surface area (TPSA) is 42.7 Å². The number of nitrogens with zero attached hydrogens (tertiary/aromatic N) is 3. The number of benzene rings is 1. The van der Waals surface area contributed by atoms with Gasteiger partial charge in [-0.3, -0.25) is 4.68 Å². The van der Waals surface area contributed by atoms with E-state index >= 15 is 0 Å². The van der Waals surface area contributed by atoms with Crippen molar-refractivity contribution in [3.05, 3.63) is 47.5 Å². The van der Waals surface area contributed by atoms with E-state index in [4.69, 9.17) is 0 Å². The Morgan fingerprint density at radius 3 is 2.50 bits per heavy atom. The Labute approximate surface area is 116 Å². The Balaban J connectivity index is 2.09. The predicted octanol–water partition coefficient (Wildman–Crippen LogP) is 1.95. The average Bonchev–Trinajstić information content (AvgIpc) is 2.84. The molecule has 0 saturated carbocycles. The lowest BCUT2D eigenvalue weighted by Crippen LogP contribution is -2.31. The van der Waals surface area contributed by atoms with Gasteiger partial charge in [0.1, 0.15) is 23.8 Å². The van der Waals surface area contributed by atoms with E-state index in [1.807, 2.05) is 18.7 Å². The molecule has 1 aromatic heterocycles. The molecule has 20 heavy (non-hydrogen) atoms. The lowest BCUT2D eigenvalue weighted by atomic mass is 10.0. The second-order valence-electron chi connectivity index (χ2n) is 4.66. The van der Waals surface area contributed by atoms with E-state index < -0.39 is 11.6 Å². The van der Waals surface area contributed by atoms with Gasteiger partial charge in [-0.25, -0.2) is 13.8 Å². The summed E-state index contributed by atoms with van der Waals surface area (Å²) in [6.07, 6.45) is 2.71. The Kier molecular flexibility index (Phi) is 4.79. The first-order valence-electron chi connectivity index (χ1n) is 6.61. The van der Waals surface area contributed by atoms with Gasteiger partial charge in [0.2, 0.25) is 0 Å². The predicted molar refractivity (Wildman–Crippen MR) is 72.3 cm³/mol. The van der Waals surface area contributed by atoms with Gasteiger partial charge >= 0.3 is 0 Å². The summed E-state index contributed by atoms with van der Waals surface area (Å²) in [5, 5.41) is 7.27. The zero-order valence-corrected chi connectivity index (χ0v) is 11.6. The fraction of sp³-hybridized carbons (Fsp3) is 0.429. The number of halogens is 2. The Morgan fingerprint density at radius 1 is 1.20 bits per heavy atom. The van der Waals surface area contributed by atoms with Crippen LogP contribution in [-0.2, 0) is 19.4 Å². The summed E-state index contributed by atoms with van der Waals surface area (Å²) in [5.74, 6) is -0.234. The standard InChI is InChI=1S/C14H18F2N4/c1-3-20-14(18-9-19-20)8-13(17-2)6-10-4-11(15)7-12(16)5-10/h4-5,7,9,13,17H,3,6,8H2,1-2H3. The van der Waals surface area contributed by atoms with Crippen molar-refractivity contribution in [3.63, 3.8) is 0 Å². The summed E-state index contributed by atoms with van der Waals surface area (Å²) in [5.41, 5.74) is 0.629. The summed E-state index contributed by atoms with van der Waals surface area (Å²) < 4.78 is 28.2. The largest absolute Gasteiger partial charge is 0.316 e. The molecular weight excluding hydrogens is 262 g/mol. The molecule has 1 N–H and O–H groups in total. The maximum absolute atomic E-state index is 13.2. The van der Waals surface area contributed by atoms with E-state index in [1.54, 1.807) is 0 Å². The summed E-state index contributed by atoms with van der Waals surface area (Å²) >= 11 is 0. The summed E-state index contributed by atoms with van der Waals surface area (Å²) in [6, 6.07) is 3.65. The van der Waals surface area contributed by atoms with Gasteiger partial charge < -0.3 is 5.32 Å². The van der Waals surface area contributed by atoms with Gasteiger partial charge in [-0.2, -0.15) is 5.10 Å². The highest BCUT2D eigenvalue weighted by molar-refractivity contribution is 5.19. The minimum absolute atomic E-state index is 0.0469. The second-order valence-corrected chi connectivity index (χ2v) is 4.66. The monoisotopic (exact) mass is 280 g/mol. The SMILES string of the molecule is CCn1ncnc1CC(Cc1cc(F)cc(F)c1)NC. The zero-order valence-electron chi connectivity index (χ0n) is 11.6. The second kappa shape index (κ2) is 6.56. The van der Waals surface area contributed by atoms with Crippen LogP contribution in [0.25, 0.3) is 0 Å². The third-order valence-electron chi connectivity index (χ3n) is 3.24. The van der Waals surface area contributed by atoms with Crippen LogP contribution in [0.15, 0.2) is 24.5 Å². The molecule has 1 aromatic carbocycles.